The van der Waals surface area contributed by atoms with Crippen LogP contribution in [0.1, 0.15) is 45.6 Å². The molecule has 0 radical (unpaired) electrons. The molecule has 1 saturated heterocycles. The first kappa shape index (κ1) is 16.9. The number of rotatable bonds is 7. The molecule has 0 aromatic heterocycles. The molecule has 1 aliphatic rings. The van der Waals surface area contributed by atoms with Gasteiger partial charge >= 0.3 is 0 Å². The minimum Gasteiger partial charge on any atom is -0.347 e. The molecule has 1 aliphatic heterocycles. The number of nitrogens with zero attached hydrogens (tertiary/aromatic N) is 1. The number of benzene rings is 1. The van der Waals surface area contributed by atoms with E-state index in [2.05, 4.69) is 17.1 Å². The molecule has 1 aromatic rings. The molecule has 1 fully saturated rings. The molecule has 4 heteroatoms. The topological polar surface area (TPSA) is 32.3 Å². The van der Waals surface area contributed by atoms with E-state index in [9.17, 15) is 9.18 Å². The Bertz CT molecular complexity index is 512. The van der Waals surface area contributed by atoms with Crippen LogP contribution < -0.4 is 5.32 Å². The molecule has 1 heterocycles. The van der Waals surface area contributed by atoms with Gasteiger partial charge in [0.25, 0.3) is 0 Å². The number of nitrogens with one attached hydrogen (secondary N) is 1. The predicted octanol–water partition coefficient (Wildman–Crippen LogP) is 3.30. The standard InChI is InChI=1S/C18H27FN2O/c1-4-14(9-12-21-10-6-11-21)17(22)20-18(2,3)15-7-5-8-16(19)13-15/h5,7-8,13-14H,4,6,9-12H2,1-3H3,(H,20,22). The highest BCUT2D eigenvalue weighted by molar-refractivity contribution is 5.79. The van der Waals surface area contributed by atoms with Crippen LogP contribution >= 0.6 is 0 Å². The Hall–Kier alpha value is -1.42. The van der Waals surface area contributed by atoms with Crippen molar-refractivity contribution in [3.05, 3.63) is 35.6 Å². The smallest absolute Gasteiger partial charge is 0.223 e. The number of likely N-dealkylation sites (tertiary alicyclic amines) is 1. The average molecular weight is 306 g/mol. The maximum atomic E-state index is 13.4. The first-order chi connectivity index (χ1) is 10.4. The van der Waals surface area contributed by atoms with E-state index in [-0.39, 0.29) is 17.6 Å². The van der Waals surface area contributed by atoms with Gasteiger partial charge in [-0.05, 0) is 70.4 Å². The molecule has 0 aliphatic carbocycles. The maximum absolute atomic E-state index is 13.4. The summed E-state index contributed by atoms with van der Waals surface area (Å²) in [7, 11) is 0. The van der Waals surface area contributed by atoms with Crippen molar-refractivity contribution in [1.82, 2.24) is 10.2 Å². The van der Waals surface area contributed by atoms with E-state index in [0.717, 1.165) is 38.0 Å². The number of carbonyl (C=O) groups is 1. The largest absolute Gasteiger partial charge is 0.347 e. The number of hydrogen-bond acceptors (Lipinski definition) is 2. The summed E-state index contributed by atoms with van der Waals surface area (Å²) in [5.41, 5.74) is 0.224. The quantitative estimate of drug-likeness (QED) is 0.838. The van der Waals surface area contributed by atoms with Gasteiger partial charge < -0.3 is 10.2 Å². The lowest BCUT2D eigenvalue weighted by Gasteiger charge is -2.33. The molecule has 1 amide bonds. The molecular formula is C18H27FN2O. The van der Waals surface area contributed by atoms with Crippen LogP contribution in [-0.2, 0) is 10.3 Å². The lowest BCUT2D eigenvalue weighted by Crippen LogP contribution is -2.45. The summed E-state index contributed by atoms with van der Waals surface area (Å²) < 4.78 is 13.4. The molecule has 122 valence electrons. The zero-order chi connectivity index (χ0) is 16.2. The van der Waals surface area contributed by atoms with Crippen molar-refractivity contribution < 1.29 is 9.18 Å². The maximum Gasteiger partial charge on any atom is 0.223 e. The van der Waals surface area contributed by atoms with Crippen LogP contribution in [0.4, 0.5) is 4.39 Å². The van der Waals surface area contributed by atoms with Gasteiger partial charge in [-0.25, -0.2) is 4.39 Å². The summed E-state index contributed by atoms with van der Waals surface area (Å²) in [6, 6.07) is 6.44. The van der Waals surface area contributed by atoms with Gasteiger partial charge in [0, 0.05) is 5.92 Å². The third-order valence-electron chi connectivity index (χ3n) is 4.59. The number of hydrogen-bond donors (Lipinski definition) is 1. The molecule has 1 N–H and O–H groups in total. The van der Waals surface area contributed by atoms with Crippen LogP contribution in [0.5, 0.6) is 0 Å². The second-order valence-electron chi connectivity index (χ2n) is 6.71. The first-order valence-electron chi connectivity index (χ1n) is 8.23. The van der Waals surface area contributed by atoms with Gasteiger partial charge in [-0.1, -0.05) is 19.1 Å². The Labute approximate surface area is 132 Å². The van der Waals surface area contributed by atoms with E-state index >= 15 is 0 Å². The van der Waals surface area contributed by atoms with Crippen LogP contribution in [0.3, 0.4) is 0 Å². The molecule has 3 nitrogen and oxygen atoms in total. The number of carbonyl (C=O) groups excluding carboxylic acids is 1. The minimum absolute atomic E-state index is 0.0217. The van der Waals surface area contributed by atoms with Crippen molar-refractivity contribution in [1.29, 1.82) is 0 Å². The van der Waals surface area contributed by atoms with Gasteiger partial charge in [-0.3, -0.25) is 4.79 Å². The third-order valence-corrected chi connectivity index (χ3v) is 4.59. The predicted molar refractivity (Wildman–Crippen MR) is 87.0 cm³/mol. The fraction of sp³-hybridized carbons (Fsp3) is 0.611. The van der Waals surface area contributed by atoms with E-state index in [0.29, 0.717) is 0 Å². The van der Waals surface area contributed by atoms with Crippen molar-refractivity contribution in [3.63, 3.8) is 0 Å². The van der Waals surface area contributed by atoms with Gasteiger partial charge in [0.1, 0.15) is 5.82 Å². The fourth-order valence-corrected chi connectivity index (χ4v) is 2.82. The van der Waals surface area contributed by atoms with Crippen LogP contribution in [0.25, 0.3) is 0 Å². The van der Waals surface area contributed by atoms with Crippen molar-refractivity contribution in [2.24, 2.45) is 5.92 Å². The lowest BCUT2D eigenvalue weighted by molar-refractivity contribution is -0.127. The Morgan fingerprint density at radius 3 is 2.68 bits per heavy atom. The molecule has 1 atom stereocenters. The van der Waals surface area contributed by atoms with Crippen LogP contribution in [0.2, 0.25) is 0 Å². The lowest BCUT2D eigenvalue weighted by atomic mass is 9.92. The SMILES string of the molecule is CCC(CCN1CCC1)C(=O)NC(C)(C)c1cccc(F)c1. The summed E-state index contributed by atoms with van der Waals surface area (Å²) in [4.78, 5) is 14.9. The fourth-order valence-electron chi connectivity index (χ4n) is 2.82. The first-order valence-corrected chi connectivity index (χ1v) is 8.23. The Balaban J connectivity index is 1.95. The highest BCUT2D eigenvalue weighted by atomic mass is 19.1. The summed E-state index contributed by atoms with van der Waals surface area (Å²) >= 11 is 0. The minimum atomic E-state index is -0.566. The van der Waals surface area contributed by atoms with Gasteiger partial charge in [0.15, 0.2) is 0 Å². The number of halogens is 1. The summed E-state index contributed by atoms with van der Waals surface area (Å²) in [5.74, 6) is -0.185. The van der Waals surface area contributed by atoms with Crippen LogP contribution in [-0.4, -0.2) is 30.4 Å². The van der Waals surface area contributed by atoms with Crippen molar-refractivity contribution in [2.75, 3.05) is 19.6 Å². The second kappa shape index (κ2) is 7.23. The number of amides is 1. The second-order valence-corrected chi connectivity index (χ2v) is 6.71. The van der Waals surface area contributed by atoms with Crippen molar-refractivity contribution >= 4 is 5.91 Å². The van der Waals surface area contributed by atoms with Crippen molar-refractivity contribution in [2.45, 2.75) is 45.6 Å². The Morgan fingerprint density at radius 1 is 1.41 bits per heavy atom. The van der Waals surface area contributed by atoms with E-state index in [1.165, 1.54) is 18.6 Å². The van der Waals surface area contributed by atoms with Crippen molar-refractivity contribution in [3.8, 4) is 0 Å². The normalized spacial score (nSPS) is 16.9. The Kier molecular flexibility index (Phi) is 5.57. The molecule has 1 unspecified atom stereocenters. The highest BCUT2D eigenvalue weighted by Crippen LogP contribution is 2.22. The van der Waals surface area contributed by atoms with E-state index in [4.69, 9.17) is 0 Å². The highest BCUT2D eigenvalue weighted by Gasteiger charge is 2.27. The summed E-state index contributed by atoms with van der Waals surface area (Å²) in [5, 5.41) is 3.09. The van der Waals surface area contributed by atoms with E-state index in [1.54, 1.807) is 6.07 Å². The van der Waals surface area contributed by atoms with Gasteiger partial charge in [0.2, 0.25) is 5.91 Å². The van der Waals surface area contributed by atoms with Gasteiger partial charge in [-0.15, -0.1) is 0 Å². The molecule has 22 heavy (non-hydrogen) atoms. The average Bonchev–Trinajstić information content (AvgIpc) is 2.41. The molecule has 0 saturated carbocycles. The summed E-state index contributed by atoms with van der Waals surface area (Å²) in [6.07, 6.45) is 3.00. The molecule has 1 aromatic carbocycles. The zero-order valence-electron chi connectivity index (χ0n) is 13.9. The molecular weight excluding hydrogens is 279 g/mol. The zero-order valence-corrected chi connectivity index (χ0v) is 13.9. The van der Waals surface area contributed by atoms with E-state index < -0.39 is 5.54 Å². The Morgan fingerprint density at radius 2 is 2.14 bits per heavy atom. The van der Waals surface area contributed by atoms with Gasteiger partial charge in [-0.2, -0.15) is 0 Å². The molecule has 0 bridgehead atoms. The third kappa shape index (κ3) is 4.29. The summed E-state index contributed by atoms with van der Waals surface area (Å²) in [6.45, 7) is 9.20. The molecule has 2 rings (SSSR count). The molecule has 0 spiro atoms. The van der Waals surface area contributed by atoms with E-state index in [1.807, 2.05) is 19.9 Å². The van der Waals surface area contributed by atoms with Crippen LogP contribution in [0, 0.1) is 11.7 Å². The van der Waals surface area contributed by atoms with Crippen LogP contribution in [0.15, 0.2) is 24.3 Å². The van der Waals surface area contributed by atoms with Gasteiger partial charge in [0.05, 0.1) is 5.54 Å². The monoisotopic (exact) mass is 306 g/mol.